The lowest BCUT2D eigenvalue weighted by atomic mass is 10.0. The SMILES string of the molecule is C#CC1(C(=O)NCC(NC(=O)c2cncc3[nH]ccc23)c2ccc3ccccc3c2)CC1. The molecule has 2 amide bonds. The van der Waals surface area contributed by atoms with E-state index in [2.05, 4.69) is 26.5 Å². The van der Waals surface area contributed by atoms with Gasteiger partial charge in [-0.15, -0.1) is 6.42 Å². The average Bonchev–Trinajstić information content (AvgIpc) is 3.49. The monoisotopic (exact) mass is 422 g/mol. The second kappa shape index (κ2) is 7.86. The highest BCUT2D eigenvalue weighted by atomic mass is 16.2. The normalized spacial score (nSPS) is 15.1. The Hall–Kier alpha value is -4.11. The molecule has 1 atom stereocenters. The third kappa shape index (κ3) is 3.58. The van der Waals surface area contributed by atoms with E-state index in [9.17, 15) is 9.59 Å². The molecule has 6 heteroatoms. The average molecular weight is 422 g/mol. The van der Waals surface area contributed by atoms with E-state index in [0.717, 1.165) is 27.2 Å². The van der Waals surface area contributed by atoms with Crippen LogP contribution in [0.1, 0.15) is 34.8 Å². The van der Waals surface area contributed by atoms with Gasteiger partial charge in [-0.2, -0.15) is 0 Å². The Morgan fingerprint density at radius 2 is 1.94 bits per heavy atom. The van der Waals surface area contributed by atoms with E-state index < -0.39 is 11.5 Å². The van der Waals surface area contributed by atoms with E-state index in [0.29, 0.717) is 18.4 Å². The molecular formula is C26H22N4O2. The first kappa shape index (κ1) is 19.8. The van der Waals surface area contributed by atoms with Gasteiger partial charge in [-0.05, 0) is 41.3 Å². The first-order chi connectivity index (χ1) is 15.6. The lowest BCUT2D eigenvalue weighted by molar-refractivity contribution is -0.124. The molecule has 0 bridgehead atoms. The number of aromatic nitrogens is 2. The lowest BCUT2D eigenvalue weighted by Crippen LogP contribution is -2.40. The van der Waals surface area contributed by atoms with E-state index in [-0.39, 0.29) is 18.4 Å². The predicted octanol–water partition coefficient (Wildman–Crippen LogP) is 3.72. The number of hydrogen-bond acceptors (Lipinski definition) is 3. The Morgan fingerprint density at radius 1 is 1.12 bits per heavy atom. The maximum Gasteiger partial charge on any atom is 0.254 e. The number of hydrogen-bond donors (Lipinski definition) is 3. The van der Waals surface area contributed by atoms with Crippen molar-refractivity contribution < 1.29 is 9.59 Å². The second-order valence-electron chi connectivity index (χ2n) is 8.20. The van der Waals surface area contributed by atoms with Gasteiger partial charge in [0.25, 0.3) is 5.91 Å². The van der Waals surface area contributed by atoms with Gasteiger partial charge in [-0.1, -0.05) is 42.3 Å². The van der Waals surface area contributed by atoms with Crippen molar-refractivity contribution in [2.45, 2.75) is 18.9 Å². The molecule has 2 heterocycles. The number of benzene rings is 2. The summed E-state index contributed by atoms with van der Waals surface area (Å²) in [6.45, 7) is 0.239. The van der Waals surface area contributed by atoms with Gasteiger partial charge in [0.15, 0.2) is 0 Å². The predicted molar refractivity (Wildman–Crippen MR) is 124 cm³/mol. The quantitative estimate of drug-likeness (QED) is 0.414. The van der Waals surface area contributed by atoms with Gasteiger partial charge >= 0.3 is 0 Å². The van der Waals surface area contributed by atoms with E-state index in [1.807, 2.05) is 48.5 Å². The van der Waals surface area contributed by atoms with Crippen molar-refractivity contribution in [1.29, 1.82) is 0 Å². The smallest absolute Gasteiger partial charge is 0.254 e. The first-order valence-corrected chi connectivity index (χ1v) is 10.6. The van der Waals surface area contributed by atoms with Crippen LogP contribution < -0.4 is 10.6 Å². The molecule has 6 nitrogen and oxygen atoms in total. The molecule has 4 aromatic rings. The van der Waals surface area contributed by atoms with Crippen molar-refractivity contribution in [3.8, 4) is 12.3 Å². The molecule has 1 fully saturated rings. The molecule has 1 saturated carbocycles. The summed E-state index contributed by atoms with van der Waals surface area (Å²) in [7, 11) is 0. The fourth-order valence-corrected chi connectivity index (χ4v) is 4.00. The molecule has 1 aliphatic carbocycles. The van der Waals surface area contributed by atoms with Crippen LogP contribution in [0.4, 0.5) is 0 Å². The molecule has 3 N–H and O–H groups in total. The molecule has 0 radical (unpaired) electrons. The molecular weight excluding hydrogens is 400 g/mol. The molecule has 5 rings (SSSR count). The summed E-state index contributed by atoms with van der Waals surface area (Å²) < 4.78 is 0. The summed E-state index contributed by atoms with van der Waals surface area (Å²) in [5.41, 5.74) is 1.47. The molecule has 1 aliphatic rings. The molecule has 0 saturated heterocycles. The molecule has 158 valence electrons. The Labute approximate surface area is 185 Å². The highest BCUT2D eigenvalue weighted by Gasteiger charge is 2.48. The van der Waals surface area contributed by atoms with Gasteiger partial charge in [0.05, 0.1) is 23.3 Å². The zero-order chi connectivity index (χ0) is 22.1. The standard InChI is InChI=1S/C26H22N4O2/c1-2-26(10-11-26)25(32)29-16-22(19-8-7-17-5-3-4-6-18(17)13-19)30-24(31)21-14-27-15-23-20(21)9-12-28-23/h1,3-9,12-15,22,28H,10-11,16H2,(H,29,32)(H,30,31). The van der Waals surface area contributed by atoms with E-state index >= 15 is 0 Å². The van der Waals surface area contributed by atoms with Crippen molar-refractivity contribution in [3.05, 3.63) is 78.2 Å². The van der Waals surface area contributed by atoms with Crippen molar-refractivity contribution in [1.82, 2.24) is 20.6 Å². The summed E-state index contributed by atoms with van der Waals surface area (Å²) in [6.07, 6.45) is 12.0. The molecule has 1 unspecified atom stereocenters. The van der Waals surface area contributed by atoms with Crippen LogP contribution in [0.3, 0.4) is 0 Å². The van der Waals surface area contributed by atoms with Gasteiger partial charge in [0.1, 0.15) is 5.41 Å². The largest absolute Gasteiger partial charge is 0.360 e. The Balaban J connectivity index is 1.44. The number of amides is 2. The van der Waals surface area contributed by atoms with E-state index in [1.165, 1.54) is 0 Å². The Kier molecular flexibility index (Phi) is 4.87. The highest BCUT2D eigenvalue weighted by molar-refractivity contribution is 6.06. The van der Waals surface area contributed by atoms with Crippen LogP contribution in [0.2, 0.25) is 0 Å². The summed E-state index contributed by atoms with van der Waals surface area (Å²) in [5.74, 6) is 2.20. The number of aromatic amines is 1. The molecule has 2 aromatic heterocycles. The van der Waals surface area contributed by atoms with Gasteiger partial charge in [-0.25, -0.2) is 0 Å². The number of nitrogens with one attached hydrogen (secondary N) is 3. The van der Waals surface area contributed by atoms with Crippen LogP contribution in [0.25, 0.3) is 21.7 Å². The number of H-pyrrole nitrogens is 1. The molecule has 0 spiro atoms. The van der Waals surface area contributed by atoms with Crippen LogP contribution in [-0.2, 0) is 4.79 Å². The number of nitrogens with zero attached hydrogens (tertiary/aromatic N) is 1. The summed E-state index contributed by atoms with van der Waals surface area (Å²) >= 11 is 0. The number of pyridine rings is 1. The Bertz CT molecular complexity index is 1380. The molecule has 32 heavy (non-hydrogen) atoms. The number of terminal acetylenes is 1. The fourth-order valence-electron chi connectivity index (χ4n) is 4.00. The van der Waals surface area contributed by atoms with Gasteiger partial charge in [0, 0.05) is 24.3 Å². The summed E-state index contributed by atoms with van der Waals surface area (Å²) in [6, 6.07) is 15.5. The number of carbonyl (C=O) groups excluding carboxylic acids is 2. The van der Waals surface area contributed by atoms with Gasteiger partial charge in [0.2, 0.25) is 5.91 Å². The first-order valence-electron chi connectivity index (χ1n) is 10.6. The van der Waals surface area contributed by atoms with Crippen molar-refractivity contribution in [2.75, 3.05) is 6.54 Å². The van der Waals surface area contributed by atoms with Gasteiger partial charge in [-0.3, -0.25) is 14.6 Å². The van der Waals surface area contributed by atoms with Crippen molar-refractivity contribution in [2.24, 2.45) is 5.41 Å². The van der Waals surface area contributed by atoms with E-state index in [1.54, 1.807) is 18.6 Å². The molecule has 2 aromatic carbocycles. The number of carbonyl (C=O) groups is 2. The van der Waals surface area contributed by atoms with Crippen LogP contribution >= 0.6 is 0 Å². The molecule has 0 aliphatic heterocycles. The minimum absolute atomic E-state index is 0.158. The van der Waals surface area contributed by atoms with Crippen LogP contribution in [0, 0.1) is 17.8 Å². The maximum absolute atomic E-state index is 13.2. The minimum Gasteiger partial charge on any atom is -0.360 e. The highest BCUT2D eigenvalue weighted by Crippen LogP contribution is 2.45. The minimum atomic E-state index is -0.696. The van der Waals surface area contributed by atoms with Crippen LogP contribution in [0.15, 0.2) is 67.1 Å². The van der Waals surface area contributed by atoms with Crippen molar-refractivity contribution >= 4 is 33.5 Å². The third-order valence-electron chi connectivity index (χ3n) is 6.13. The van der Waals surface area contributed by atoms with Crippen molar-refractivity contribution in [3.63, 3.8) is 0 Å². The topological polar surface area (TPSA) is 86.9 Å². The van der Waals surface area contributed by atoms with Gasteiger partial charge < -0.3 is 15.6 Å². The van der Waals surface area contributed by atoms with Crippen LogP contribution in [-0.4, -0.2) is 28.3 Å². The summed E-state index contributed by atoms with van der Waals surface area (Å²) in [5, 5.41) is 9.00. The zero-order valence-electron chi connectivity index (χ0n) is 17.4. The summed E-state index contributed by atoms with van der Waals surface area (Å²) in [4.78, 5) is 33.1. The number of fused-ring (bicyclic) bond motifs is 2. The second-order valence-corrected chi connectivity index (χ2v) is 8.20. The lowest BCUT2D eigenvalue weighted by Gasteiger charge is -2.21. The fraction of sp³-hybridized carbons (Fsp3) is 0.192. The third-order valence-corrected chi connectivity index (χ3v) is 6.13. The Morgan fingerprint density at radius 3 is 2.72 bits per heavy atom. The van der Waals surface area contributed by atoms with E-state index in [4.69, 9.17) is 6.42 Å². The maximum atomic E-state index is 13.2. The zero-order valence-corrected chi connectivity index (χ0v) is 17.4. The van der Waals surface area contributed by atoms with Crippen LogP contribution in [0.5, 0.6) is 0 Å². The number of rotatable bonds is 6.